The number of esters is 2. The van der Waals surface area contributed by atoms with Gasteiger partial charge in [-0.2, -0.15) is 0 Å². The minimum absolute atomic E-state index is 0.231. The van der Waals surface area contributed by atoms with E-state index in [4.69, 9.17) is 0 Å². The molecule has 0 aliphatic rings. The molecule has 0 rings (SSSR count). The molecule has 3 nitrogen and oxygen atoms in total. The Labute approximate surface area is 80.5 Å². The smallest absolute Gasteiger partial charge is 0.316 e. The molecule has 0 N–H and O–H groups in total. The van der Waals surface area contributed by atoms with E-state index in [1.54, 1.807) is 13.8 Å². The summed E-state index contributed by atoms with van der Waals surface area (Å²) in [6.45, 7) is 9.62. The summed E-state index contributed by atoms with van der Waals surface area (Å²) in [7, 11) is -1.45. The van der Waals surface area contributed by atoms with Crippen LogP contribution in [0.1, 0.15) is 13.8 Å². The highest BCUT2D eigenvalue weighted by Gasteiger charge is 2.22. The number of ether oxygens (including phenoxy) is 1. The van der Waals surface area contributed by atoms with E-state index < -0.39 is 14.0 Å². The van der Waals surface area contributed by atoms with E-state index in [-0.39, 0.29) is 11.9 Å². The molecule has 0 bridgehead atoms. The topological polar surface area (TPSA) is 43.4 Å². The molecule has 4 heteroatoms. The number of rotatable bonds is 3. The highest BCUT2D eigenvalue weighted by molar-refractivity contribution is 6.78. The van der Waals surface area contributed by atoms with Crippen LogP contribution in [0.2, 0.25) is 25.7 Å². The average Bonchev–Trinajstić information content (AvgIpc) is 1.81. The second-order valence-corrected chi connectivity index (χ2v) is 10.2. The Morgan fingerprint density at radius 1 is 1.23 bits per heavy atom. The predicted octanol–water partition coefficient (Wildman–Crippen LogP) is 2.05. The van der Waals surface area contributed by atoms with E-state index in [0.717, 1.165) is 0 Å². The monoisotopic (exact) mass is 202 g/mol. The van der Waals surface area contributed by atoms with E-state index in [1.807, 2.05) is 0 Å². The first kappa shape index (κ1) is 12.4. The van der Waals surface area contributed by atoms with Gasteiger partial charge in [0.15, 0.2) is 0 Å². The van der Waals surface area contributed by atoms with Crippen LogP contribution >= 0.6 is 0 Å². The number of carbonyl (C=O) groups is 2. The molecule has 0 aromatic rings. The van der Waals surface area contributed by atoms with Gasteiger partial charge in [-0.25, -0.2) is 0 Å². The van der Waals surface area contributed by atoms with Gasteiger partial charge >= 0.3 is 11.9 Å². The van der Waals surface area contributed by atoms with Crippen LogP contribution in [0.5, 0.6) is 0 Å². The van der Waals surface area contributed by atoms with Gasteiger partial charge in [0.2, 0.25) is 0 Å². The lowest BCUT2D eigenvalue weighted by atomic mass is 10.2. The summed E-state index contributed by atoms with van der Waals surface area (Å²) in [5, 5.41) is 0. The Morgan fingerprint density at radius 2 is 1.69 bits per heavy atom. The summed E-state index contributed by atoms with van der Waals surface area (Å²) >= 11 is 0. The molecule has 0 amide bonds. The Bertz CT molecular complexity index is 203. The van der Waals surface area contributed by atoms with E-state index >= 15 is 0 Å². The van der Waals surface area contributed by atoms with Crippen molar-refractivity contribution in [2.75, 3.05) is 0 Å². The number of hydrogen-bond donors (Lipinski definition) is 0. The SMILES string of the molecule is CC(C)C(=O)OC(=O)C[Si](C)(C)C. The van der Waals surface area contributed by atoms with Gasteiger partial charge in [-0.15, -0.1) is 0 Å². The van der Waals surface area contributed by atoms with E-state index in [0.29, 0.717) is 6.04 Å². The lowest BCUT2D eigenvalue weighted by molar-refractivity contribution is -0.160. The third-order valence-electron chi connectivity index (χ3n) is 1.36. The molecular weight excluding hydrogens is 184 g/mol. The maximum Gasteiger partial charge on any atom is 0.316 e. The van der Waals surface area contributed by atoms with Gasteiger partial charge in [0.25, 0.3) is 0 Å². The zero-order valence-electron chi connectivity index (χ0n) is 9.01. The Kier molecular flexibility index (Phi) is 4.33. The molecule has 0 aliphatic carbocycles. The summed E-state index contributed by atoms with van der Waals surface area (Å²) in [5.41, 5.74) is 0. The maximum absolute atomic E-state index is 11.2. The minimum Gasteiger partial charge on any atom is -0.393 e. The molecular formula is C9H18O3Si. The normalized spacial score (nSPS) is 11.5. The van der Waals surface area contributed by atoms with Crippen LogP contribution < -0.4 is 0 Å². The van der Waals surface area contributed by atoms with E-state index in [1.165, 1.54) is 0 Å². The lowest BCUT2D eigenvalue weighted by Crippen LogP contribution is -2.27. The van der Waals surface area contributed by atoms with Crippen molar-refractivity contribution in [2.45, 2.75) is 39.5 Å². The molecule has 0 atom stereocenters. The average molecular weight is 202 g/mol. The third kappa shape index (κ3) is 6.51. The molecule has 0 fully saturated rings. The van der Waals surface area contributed by atoms with Gasteiger partial charge in [0.1, 0.15) is 0 Å². The Balaban J connectivity index is 3.96. The quantitative estimate of drug-likeness (QED) is 0.399. The largest absolute Gasteiger partial charge is 0.393 e. The summed E-state index contributed by atoms with van der Waals surface area (Å²) in [5.74, 6) is -1.04. The fraction of sp³-hybridized carbons (Fsp3) is 0.778. The molecule has 13 heavy (non-hydrogen) atoms. The molecule has 0 heterocycles. The van der Waals surface area contributed by atoms with Crippen LogP contribution in [0.3, 0.4) is 0 Å². The fourth-order valence-electron chi connectivity index (χ4n) is 0.699. The Hall–Kier alpha value is -0.643. The van der Waals surface area contributed by atoms with Crippen molar-refractivity contribution >= 4 is 20.0 Å². The summed E-state index contributed by atoms with van der Waals surface area (Å²) in [6, 6.07) is 0.408. The first-order chi connectivity index (χ1) is 5.72. The minimum atomic E-state index is -1.45. The standard InChI is InChI=1S/C9H18O3Si/c1-7(2)9(11)12-8(10)6-13(3,4)5/h7H,6H2,1-5H3. The summed E-state index contributed by atoms with van der Waals surface area (Å²) in [4.78, 5) is 22.2. The Morgan fingerprint density at radius 3 is 2.00 bits per heavy atom. The van der Waals surface area contributed by atoms with E-state index in [9.17, 15) is 9.59 Å². The van der Waals surface area contributed by atoms with Gasteiger partial charge in [0.05, 0.1) is 14.0 Å². The van der Waals surface area contributed by atoms with E-state index in [2.05, 4.69) is 24.4 Å². The first-order valence-corrected chi connectivity index (χ1v) is 8.17. The zero-order chi connectivity index (χ0) is 10.6. The van der Waals surface area contributed by atoms with Gasteiger partial charge in [-0.05, 0) is 0 Å². The molecule has 0 saturated carbocycles. The van der Waals surface area contributed by atoms with Crippen molar-refractivity contribution in [3.8, 4) is 0 Å². The first-order valence-electron chi connectivity index (χ1n) is 4.47. The molecule has 0 aromatic carbocycles. The van der Waals surface area contributed by atoms with Gasteiger partial charge in [-0.1, -0.05) is 33.5 Å². The highest BCUT2D eigenvalue weighted by Crippen LogP contribution is 2.10. The van der Waals surface area contributed by atoms with Crippen LogP contribution in [0.4, 0.5) is 0 Å². The van der Waals surface area contributed by atoms with Crippen molar-refractivity contribution in [1.82, 2.24) is 0 Å². The lowest BCUT2D eigenvalue weighted by Gasteiger charge is -2.14. The molecule has 0 unspecified atom stereocenters. The second-order valence-electron chi connectivity index (χ2n) is 4.69. The van der Waals surface area contributed by atoms with Crippen molar-refractivity contribution in [3.05, 3.63) is 0 Å². The van der Waals surface area contributed by atoms with Gasteiger partial charge in [-0.3, -0.25) is 9.59 Å². The van der Waals surface area contributed by atoms with Crippen molar-refractivity contribution in [2.24, 2.45) is 5.92 Å². The molecule has 0 spiro atoms. The maximum atomic E-state index is 11.2. The molecule has 76 valence electrons. The summed E-state index contributed by atoms with van der Waals surface area (Å²) < 4.78 is 4.64. The van der Waals surface area contributed by atoms with Crippen LogP contribution in [0, 0.1) is 5.92 Å². The zero-order valence-corrected chi connectivity index (χ0v) is 10.0. The number of carbonyl (C=O) groups excluding carboxylic acids is 2. The second kappa shape index (κ2) is 4.55. The molecule has 0 saturated heterocycles. The van der Waals surface area contributed by atoms with Crippen LogP contribution in [-0.2, 0) is 14.3 Å². The van der Waals surface area contributed by atoms with Crippen molar-refractivity contribution in [1.29, 1.82) is 0 Å². The van der Waals surface area contributed by atoms with Crippen molar-refractivity contribution < 1.29 is 14.3 Å². The van der Waals surface area contributed by atoms with Crippen LogP contribution in [-0.4, -0.2) is 20.0 Å². The highest BCUT2D eigenvalue weighted by atomic mass is 28.3. The van der Waals surface area contributed by atoms with Gasteiger partial charge in [0, 0.05) is 6.04 Å². The fourth-order valence-corrected chi connectivity index (χ4v) is 1.64. The van der Waals surface area contributed by atoms with Crippen LogP contribution in [0.25, 0.3) is 0 Å². The molecule has 0 aromatic heterocycles. The third-order valence-corrected chi connectivity index (χ3v) is 2.71. The van der Waals surface area contributed by atoms with Crippen LogP contribution in [0.15, 0.2) is 0 Å². The number of hydrogen-bond acceptors (Lipinski definition) is 3. The summed E-state index contributed by atoms with van der Waals surface area (Å²) in [6.07, 6.45) is 0. The predicted molar refractivity (Wildman–Crippen MR) is 54.1 cm³/mol. The van der Waals surface area contributed by atoms with Gasteiger partial charge < -0.3 is 4.74 Å². The molecule has 0 aliphatic heterocycles. The van der Waals surface area contributed by atoms with Crippen molar-refractivity contribution in [3.63, 3.8) is 0 Å². The molecule has 0 radical (unpaired) electrons.